The van der Waals surface area contributed by atoms with Crippen LogP contribution in [0.15, 0.2) is 29.4 Å². The van der Waals surface area contributed by atoms with Crippen LogP contribution in [0.4, 0.5) is 0 Å². The van der Waals surface area contributed by atoms with E-state index in [1.807, 2.05) is 18.2 Å². The lowest BCUT2D eigenvalue weighted by Gasteiger charge is -2.23. The van der Waals surface area contributed by atoms with E-state index < -0.39 is 17.7 Å². The van der Waals surface area contributed by atoms with E-state index in [-0.39, 0.29) is 24.3 Å². The van der Waals surface area contributed by atoms with E-state index in [4.69, 9.17) is 10.6 Å². The Bertz CT molecular complexity index is 669. The van der Waals surface area contributed by atoms with Gasteiger partial charge in [-0.25, -0.2) is 0 Å². The minimum atomic E-state index is -1.02. The standard InChI is InChI=1S/C21H31N3O4/c1-3-4-9-13-21(2,28)14-12-17-16(18(23-24-22)15-19(17)25)10-7-5-6-8-11-20(26)27/h5,7,12,14,16-19,25,28H,6,8-11,13,15H2,1-2H3,(H,26,27)/b7-5-,14-12+/t16-,17-,18+,19-,21?/m1/s1. The van der Waals surface area contributed by atoms with Crippen LogP contribution >= 0.6 is 0 Å². The SMILES string of the molecule is CC#CCCC(C)(O)/C=C/[C@@H]1[C@@H](C/C=C\CCCC(=O)O)[C@@H](N=[N+]=[N-])C[C@H]1O. The van der Waals surface area contributed by atoms with Gasteiger partial charge < -0.3 is 15.3 Å². The van der Waals surface area contributed by atoms with Gasteiger partial charge in [0.1, 0.15) is 0 Å². The van der Waals surface area contributed by atoms with E-state index in [0.717, 1.165) is 0 Å². The van der Waals surface area contributed by atoms with E-state index >= 15 is 0 Å². The van der Waals surface area contributed by atoms with Crippen molar-refractivity contribution in [1.29, 1.82) is 0 Å². The number of aliphatic hydroxyl groups is 2. The highest BCUT2D eigenvalue weighted by Gasteiger charge is 2.40. The van der Waals surface area contributed by atoms with Crippen molar-refractivity contribution in [2.45, 2.75) is 76.5 Å². The number of unbranched alkanes of at least 4 members (excludes halogenated alkanes) is 1. The molecular weight excluding hydrogens is 358 g/mol. The molecule has 0 heterocycles. The molecule has 0 aliphatic heterocycles. The summed E-state index contributed by atoms with van der Waals surface area (Å²) in [6.07, 6.45) is 10.3. The predicted octanol–water partition coefficient (Wildman–Crippen LogP) is 3.97. The Kier molecular flexibility index (Phi) is 10.4. The van der Waals surface area contributed by atoms with Gasteiger partial charge in [-0.2, -0.15) is 0 Å². The van der Waals surface area contributed by atoms with E-state index in [0.29, 0.717) is 38.5 Å². The minimum Gasteiger partial charge on any atom is -0.481 e. The van der Waals surface area contributed by atoms with Crippen LogP contribution in [0.5, 0.6) is 0 Å². The zero-order valence-electron chi connectivity index (χ0n) is 16.7. The van der Waals surface area contributed by atoms with Crippen molar-refractivity contribution in [1.82, 2.24) is 0 Å². The number of nitrogens with zero attached hydrogens (tertiary/aromatic N) is 3. The second kappa shape index (κ2) is 12.2. The van der Waals surface area contributed by atoms with Crippen molar-refractivity contribution >= 4 is 5.97 Å². The van der Waals surface area contributed by atoms with E-state index in [9.17, 15) is 15.0 Å². The lowest BCUT2D eigenvalue weighted by atomic mass is 9.87. The Morgan fingerprint density at radius 3 is 2.82 bits per heavy atom. The third kappa shape index (κ3) is 8.62. The first-order chi connectivity index (χ1) is 13.3. The molecule has 5 atom stereocenters. The fourth-order valence-corrected chi connectivity index (χ4v) is 3.49. The molecule has 7 heteroatoms. The second-order valence-corrected chi connectivity index (χ2v) is 7.45. The Labute approximate surface area is 166 Å². The highest BCUT2D eigenvalue weighted by molar-refractivity contribution is 5.66. The normalized spacial score (nSPS) is 26.6. The summed E-state index contributed by atoms with van der Waals surface area (Å²) in [6.45, 7) is 3.47. The molecule has 3 N–H and O–H groups in total. The zero-order valence-corrected chi connectivity index (χ0v) is 16.7. The van der Waals surface area contributed by atoms with Crippen molar-refractivity contribution < 1.29 is 20.1 Å². The average molecular weight is 389 g/mol. The van der Waals surface area contributed by atoms with Crippen LogP contribution in [0.25, 0.3) is 10.4 Å². The molecule has 1 saturated carbocycles. The maximum Gasteiger partial charge on any atom is 0.303 e. The summed E-state index contributed by atoms with van der Waals surface area (Å²) in [6, 6.07) is -0.311. The van der Waals surface area contributed by atoms with Gasteiger partial charge >= 0.3 is 5.97 Å². The Morgan fingerprint density at radius 1 is 1.43 bits per heavy atom. The number of allylic oxidation sites excluding steroid dienone is 2. The molecule has 0 bridgehead atoms. The molecule has 0 amide bonds. The summed E-state index contributed by atoms with van der Waals surface area (Å²) in [5.74, 6) is 4.64. The first-order valence-corrected chi connectivity index (χ1v) is 9.71. The molecule has 28 heavy (non-hydrogen) atoms. The van der Waals surface area contributed by atoms with Crippen LogP contribution in [0.2, 0.25) is 0 Å². The number of hydrogen-bond acceptors (Lipinski definition) is 4. The quantitative estimate of drug-likeness (QED) is 0.123. The molecule has 0 spiro atoms. The number of carbonyl (C=O) groups is 1. The first-order valence-electron chi connectivity index (χ1n) is 9.71. The molecule has 7 nitrogen and oxygen atoms in total. The van der Waals surface area contributed by atoms with E-state index in [1.54, 1.807) is 19.9 Å². The average Bonchev–Trinajstić information content (AvgIpc) is 2.91. The number of rotatable bonds is 11. The topological polar surface area (TPSA) is 127 Å². The summed E-state index contributed by atoms with van der Waals surface area (Å²) >= 11 is 0. The van der Waals surface area contributed by atoms with E-state index in [2.05, 4.69) is 21.9 Å². The predicted molar refractivity (Wildman–Crippen MR) is 108 cm³/mol. The highest BCUT2D eigenvalue weighted by Crippen LogP contribution is 2.38. The number of carboxylic acid groups (broad SMARTS) is 1. The molecular formula is C21H31N3O4. The second-order valence-electron chi connectivity index (χ2n) is 7.45. The van der Waals surface area contributed by atoms with Gasteiger partial charge in [0.15, 0.2) is 0 Å². The van der Waals surface area contributed by atoms with Gasteiger partial charge in [-0.15, -0.1) is 11.8 Å². The summed E-state index contributed by atoms with van der Waals surface area (Å²) in [5, 5.41) is 33.4. The van der Waals surface area contributed by atoms with Gasteiger partial charge in [0, 0.05) is 29.7 Å². The van der Waals surface area contributed by atoms with Crippen molar-refractivity contribution in [3.05, 3.63) is 34.7 Å². The van der Waals surface area contributed by atoms with E-state index in [1.165, 1.54) is 0 Å². The number of azide groups is 1. The van der Waals surface area contributed by atoms with Crippen molar-refractivity contribution in [3.8, 4) is 11.8 Å². The maximum absolute atomic E-state index is 10.5. The van der Waals surface area contributed by atoms with Crippen LogP contribution < -0.4 is 0 Å². The number of aliphatic carboxylic acids is 1. The van der Waals surface area contributed by atoms with Gasteiger partial charge in [0.2, 0.25) is 0 Å². The van der Waals surface area contributed by atoms with Crippen molar-refractivity contribution in [3.63, 3.8) is 0 Å². The number of aliphatic hydroxyl groups excluding tert-OH is 1. The molecule has 0 aromatic rings. The summed E-state index contributed by atoms with van der Waals surface area (Å²) in [4.78, 5) is 13.4. The van der Waals surface area contributed by atoms with Crippen LogP contribution in [0.3, 0.4) is 0 Å². The molecule has 0 aromatic carbocycles. The third-order valence-electron chi connectivity index (χ3n) is 5.06. The molecule has 1 unspecified atom stereocenters. The molecule has 0 saturated heterocycles. The van der Waals surface area contributed by atoms with Gasteiger partial charge in [0.05, 0.1) is 11.7 Å². The summed E-state index contributed by atoms with van der Waals surface area (Å²) < 4.78 is 0. The first kappa shape index (κ1) is 23.8. The monoisotopic (exact) mass is 389 g/mol. The molecule has 1 rings (SSSR count). The zero-order chi connectivity index (χ0) is 21.0. The maximum atomic E-state index is 10.5. The molecule has 1 fully saturated rings. The molecule has 0 aromatic heterocycles. The number of carboxylic acids is 1. The summed E-state index contributed by atoms with van der Waals surface area (Å²) in [5.41, 5.74) is 7.81. The molecule has 154 valence electrons. The molecule has 1 aliphatic carbocycles. The van der Waals surface area contributed by atoms with Gasteiger partial charge in [-0.1, -0.05) is 29.4 Å². The lowest BCUT2D eigenvalue weighted by molar-refractivity contribution is -0.137. The Morgan fingerprint density at radius 2 is 2.18 bits per heavy atom. The lowest BCUT2D eigenvalue weighted by Crippen LogP contribution is -2.23. The van der Waals surface area contributed by atoms with Crippen LogP contribution in [0.1, 0.15) is 58.8 Å². The Balaban J connectivity index is 2.77. The van der Waals surface area contributed by atoms with Gasteiger partial charge in [0.25, 0.3) is 0 Å². The van der Waals surface area contributed by atoms with Crippen LogP contribution in [0, 0.1) is 23.7 Å². The van der Waals surface area contributed by atoms with Crippen LogP contribution in [-0.4, -0.2) is 39.0 Å². The fraction of sp³-hybridized carbons (Fsp3) is 0.667. The van der Waals surface area contributed by atoms with Crippen molar-refractivity contribution in [2.75, 3.05) is 0 Å². The fourth-order valence-electron chi connectivity index (χ4n) is 3.49. The smallest absolute Gasteiger partial charge is 0.303 e. The van der Waals surface area contributed by atoms with Gasteiger partial charge in [-0.05, 0) is 57.4 Å². The minimum absolute atomic E-state index is 0.0656. The highest BCUT2D eigenvalue weighted by atomic mass is 16.4. The Hall–Kier alpha value is -2.26. The van der Waals surface area contributed by atoms with Crippen molar-refractivity contribution in [2.24, 2.45) is 17.0 Å². The largest absolute Gasteiger partial charge is 0.481 e. The molecule has 0 radical (unpaired) electrons. The third-order valence-corrected chi connectivity index (χ3v) is 5.06. The number of hydrogen-bond donors (Lipinski definition) is 3. The van der Waals surface area contributed by atoms with Crippen LogP contribution in [-0.2, 0) is 4.79 Å². The summed E-state index contributed by atoms with van der Waals surface area (Å²) in [7, 11) is 0. The molecule has 1 aliphatic rings. The van der Waals surface area contributed by atoms with Gasteiger partial charge in [-0.3, -0.25) is 4.79 Å².